The minimum absolute atomic E-state index is 0.203. The summed E-state index contributed by atoms with van der Waals surface area (Å²) in [5.41, 5.74) is -0.471. The van der Waals surface area contributed by atoms with E-state index in [1.807, 2.05) is 19.0 Å². The highest BCUT2D eigenvalue weighted by Gasteiger charge is 2.22. The highest BCUT2D eigenvalue weighted by molar-refractivity contribution is 5.93. The third-order valence-corrected chi connectivity index (χ3v) is 2.28. The van der Waals surface area contributed by atoms with Gasteiger partial charge in [0.25, 0.3) is 5.91 Å². The number of carbonyl (C=O) groups is 1. The van der Waals surface area contributed by atoms with Gasteiger partial charge in [-0.05, 0) is 34.0 Å². The number of nitrogens with one attached hydrogen (secondary N) is 1. The maximum Gasteiger partial charge on any atom is 0.254 e. The van der Waals surface area contributed by atoms with Gasteiger partial charge >= 0.3 is 0 Å². The third kappa shape index (κ3) is 4.58. The minimum atomic E-state index is -0.946. The number of aryl methyl sites for hydroxylation is 1. The summed E-state index contributed by atoms with van der Waals surface area (Å²) in [5.74, 6) is 0.455. The Bertz CT molecular complexity index is 383. The number of hydrogen-bond donors (Lipinski definition) is 2. The molecule has 1 atom stereocenters. The van der Waals surface area contributed by atoms with Gasteiger partial charge in [-0.1, -0.05) is 0 Å². The number of amides is 1. The standard InChI is InChI=1S/C12H20N2O3/c1-9-5-10(6-17-9)11(15)13-7-12(2,16)8-14(3)4/h5-6,16H,7-8H2,1-4H3,(H,13,15). The molecule has 1 aromatic heterocycles. The number of aliphatic hydroxyl groups is 1. The molecule has 1 rings (SSSR count). The average molecular weight is 240 g/mol. The van der Waals surface area contributed by atoms with Gasteiger partial charge in [0.15, 0.2) is 0 Å². The molecule has 96 valence electrons. The van der Waals surface area contributed by atoms with E-state index in [4.69, 9.17) is 4.42 Å². The second kappa shape index (κ2) is 5.33. The van der Waals surface area contributed by atoms with Crippen molar-refractivity contribution in [3.8, 4) is 0 Å². The Labute approximate surface area is 101 Å². The predicted octanol–water partition coefficient (Wildman–Crippen LogP) is 0.630. The molecule has 0 aliphatic heterocycles. The second-order valence-electron chi connectivity index (χ2n) is 4.86. The summed E-state index contributed by atoms with van der Waals surface area (Å²) >= 11 is 0. The zero-order valence-electron chi connectivity index (χ0n) is 10.8. The normalized spacial score (nSPS) is 14.7. The van der Waals surface area contributed by atoms with Crippen LogP contribution < -0.4 is 5.32 Å². The molecule has 1 unspecified atom stereocenters. The van der Waals surface area contributed by atoms with Gasteiger partial charge in [-0.25, -0.2) is 0 Å². The lowest BCUT2D eigenvalue weighted by Crippen LogP contribution is -2.47. The van der Waals surface area contributed by atoms with Crippen LogP contribution in [0.1, 0.15) is 23.0 Å². The molecule has 1 heterocycles. The number of nitrogens with zero attached hydrogens (tertiary/aromatic N) is 1. The highest BCUT2D eigenvalue weighted by atomic mass is 16.3. The molecule has 5 heteroatoms. The van der Waals surface area contributed by atoms with Crippen LogP contribution in [-0.2, 0) is 0 Å². The Kier molecular flexibility index (Phi) is 4.31. The van der Waals surface area contributed by atoms with Gasteiger partial charge in [-0.3, -0.25) is 4.79 Å². The molecule has 1 amide bonds. The molecule has 0 aliphatic carbocycles. The smallest absolute Gasteiger partial charge is 0.254 e. The summed E-state index contributed by atoms with van der Waals surface area (Å²) in [5, 5.41) is 12.7. The summed E-state index contributed by atoms with van der Waals surface area (Å²) in [7, 11) is 3.74. The molecular weight excluding hydrogens is 220 g/mol. The quantitative estimate of drug-likeness (QED) is 0.792. The van der Waals surface area contributed by atoms with Crippen molar-refractivity contribution in [3.63, 3.8) is 0 Å². The molecule has 5 nitrogen and oxygen atoms in total. The molecule has 0 saturated carbocycles. The Hall–Kier alpha value is -1.33. The number of furan rings is 1. The molecule has 0 saturated heterocycles. The summed E-state index contributed by atoms with van der Waals surface area (Å²) in [6.45, 7) is 4.15. The summed E-state index contributed by atoms with van der Waals surface area (Å²) < 4.78 is 5.05. The molecule has 0 spiro atoms. The number of likely N-dealkylation sites (N-methyl/N-ethyl adjacent to an activating group) is 1. The van der Waals surface area contributed by atoms with E-state index in [0.717, 1.165) is 0 Å². The topological polar surface area (TPSA) is 65.7 Å². The lowest BCUT2D eigenvalue weighted by molar-refractivity contribution is 0.0326. The lowest BCUT2D eigenvalue weighted by Gasteiger charge is -2.26. The molecule has 0 aromatic carbocycles. The Balaban J connectivity index is 2.48. The van der Waals surface area contributed by atoms with Crippen molar-refractivity contribution in [2.75, 3.05) is 27.2 Å². The van der Waals surface area contributed by atoms with E-state index in [9.17, 15) is 9.90 Å². The lowest BCUT2D eigenvalue weighted by atomic mass is 10.1. The molecule has 2 N–H and O–H groups in total. The first-order valence-electron chi connectivity index (χ1n) is 5.50. The monoisotopic (exact) mass is 240 g/mol. The second-order valence-corrected chi connectivity index (χ2v) is 4.86. The first-order valence-corrected chi connectivity index (χ1v) is 5.50. The van der Waals surface area contributed by atoms with Crippen molar-refractivity contribution >= 4 is 5.91 Å². The number of rotatable bonds is 5. The minimum Gasteiger partial charge on any atom is -0.469 e. The molecular formula is C12H20N2O3. The molecule has 1 aromatic rings. The van der Waals surface area contributed by atoms with Gasteiger partial charge in [-0.15, -0.1) is 0 Å². The zero-order chi connectivity index (χ0) is 13.1. The summed E-state index contributed by atoms with van der Waals surface area (Å²) in [4.78, 5) is 13.6. The average Bonchev–Trinajstić information content (AvgIpc) is 2.59. The molecule has 0 fully saturated rings. The van der Waals surface area contributed by atoms with Gasteiger partial charge in [0.05, 0.1) is 11.2 Å². The van der Waals surface area contributed by atoms with Crippen molar-refractivity contribution in [1.82, 2.24) is 10.2 Å². The van der Waals surface area contributed by atoms with Crippen LogP contribution in [-0.4, -0.2) is 48.7 Å². The highest BCUT2D eigenvalue weighted by Crippen LogP contribution is 2.07. The van der Waals surface area contributed by atoms with Crippen molar-refractivity contribution in [3.05, 3.63) is 23.7 Å². The summed E-state index contributed by atoms with van der Waals surface area (Å²) in [6, 6.07) is 1.66. The molecule has 0 aliphatic rings. The van der Waals surface area contributed by atoms with E-state index >= 15 is 0 Å². The van der Waals surface area contributed by atoms with E-state index in [0.29, 0.717) is 17.9 Å². The van der Waals surface area contributed by atoms with E-state index in [1.165, 1.54) is 6.26 Å². The van der Waals surface area contributed by atoms with Gasteiger partial charge in [-0.2, -0.15) is 0 Å². The van der Waals surface area contributed by atoms with E-state index in [2.05, 4.69) is 5.32 Å². The van der Waals surface area contributed by atoms with Crippen LogP contribution in [0, 0.1) is 6.92 Å². The fraction of sp³-hybridized carbons (Fsp3) is 0.583. The number of carbonyl (C=O) groups excluding carboxylic acids is 1. The van der Waals surface area contributed by atoms with Gasteiger partial charge < -0.3 is 19.7 Å². The SMILES string of the molecule is Cc1cc(C(=O)NCC(C)(O)CN(C)C)co1. The third-order valence-electron chi connectivity index (χ3n) is 2.28. The van der Waals surface area contributed by atoms with Crippen molar-refractivity contribution < 1.29 is 14.3 Å². The summed E-state index contributed by atoms with van der Waals surface area (Å²) in [6.07, 6.45) is 1.41. The van der Waals surface area contributed by atoms with Crippen molar-refractivity contribution in [2.24, 2.45) is 0 Å². The van der Waals surface area contributed by atoms with E-state index in [-0.39, 0.29) is 12.5 Å². The van der Waals surface area contributed by atoms with Gasteiger partial charge in [0.1, 0.15) is 12.0 Å². The van der Waals surface area contributed by atoms with E-state index in [1.54, 1.807) is 19.9 Å². The molecule has 0 radical (unpaired) electrons. The molecule has 0 bridgehead atoms. The van der Waals surface area contributed by atoms with Crippen LogP contribution in [0.4, 0.5) is 0 Å². The molecule has 17 heavy (non-hydrogen) atoms. The van der Waals surface area contributed by atoms with Crippen LogP contribution in [0.15, 0.2) is 16.7 Å². The first-order chi connectivity index (χ1) is 7.80. The Morgan fingerprint density at radius 2 is 2.24 bits per heavy atom. The van der Waals surface area contributed by atoms with Crippen LogP contribution >= 0.6 is 0 Å². The van der Waals surface area contributed by atoms with Gasteiger partial charge in [0, 0.05) is 13.1 Å². The maximum absolute atomic E-state index is 11.7. The van der Waals surface area contributed by atoms with Crippen LogP contribution in [0.5, 0.6) is 0 Å². The van der Waals surface area contributed by atoms with Crippen molar-refractivity contribution in [1.29, 1.82) is 0 Å². The van der Waals surface area contributed by atoms with Crippen LogP contribution in [0.3, 0.4) is 0 Å². The fourth-order valence-corrected chi connectivity index (χ4v) is 1.67. The van der Waals surface area contributed by atoms with Gasteiger partial charge in [0.2, 0.25) is 0 Å². The Morgan fingerprint density at radius 3 is 2.71 bits per heavy atom. The van der Waals surface area contributed by atoms with Crippen LogP contribution in [0.2, 0.25) is 0 Å². The van der Waals surface area contributed by atoms with E-state index < -0.39 is 5.60 Å². The Morgan fingerprint density at radius 1 is 1.59 bits per heavy atom. The first kappa shape index (κ1) is 13.7. The maximum atomic E-state index is 11.7. The van der Waals surface area contributed by atoms with Crippen LogP contribution in [0.25, 0.3) is 0 Å². The largest absolute Gasteiger partial charge is 0.469 e. The zero-order valence-corrected chi connectivity index (χ0v) is 10.8. The number of hydrogen-bond acceptors (Lipinski definition) is 4. The fourth-order valence-electron chi connectivity index (χ4n) is 1.67. The van der Waals surface area contributed by atoms with Crippen molar-refractivity contribution in [2.45, 2.75) is 19.4 Å². The predicted molar refractivity (Wildman–Crippen MR) is 65.0 cm³/mol.